The molecule has 0 amide bonds. The van der Waals surface area contributed by atoms with Gasteiger partial charge in [-0.1, -0.05) is 78.9 Å². The maximum Gasteiger partial charge on any atom is 0.0626 e. The highest BCUT2D eigenvalue weighted by Crippen LogP contribution is 2.15. The van der Waals surface area contributed by atoms with Crippen molar-refractivity contribution in [2.75, 3.05) is 6.61 Å². The predicted molar refractivity (Wildman–Crippen MR) is 98.1 cm³/mol. The molecule has 0 bridgehead atoms. The quantitative estimate of drug-likeness (QED) is 0.675. The second-order valence-electron chi connectivity index (χ2n) is 5.58. The van der Waals surface area contributed by atoms with Gasteiger partial charge in [0.1, 0.15) is 0 Å². The van der Waals surface area contributed by atoms with Gasteiger partial charge in [0.05, 0.1) is 12.6 Å². The normalized spacial score (nSPS) is 13.8. The van der Waals surface area contributed by atoms with Crippen molar-refractivity contribution in [1.82, 2.24) is 5.32 Å². The van der Waals surface area contributed by atoms with Gasteiger partial charge in [0.15, 0.2) is 0 Å². The third kappa shape index (κ3) is 5.85. The summed E-state index contributed by atoms with van der Waals surface area (Å²) in [6.07, 6.45) is 7.99. The second kappa shape index (κ2) is 9.78. The van der Waals surface area contributed by atoms with Crippen LogP contribution in [-0.2, 0) is 0 Å². The molecule has 0 spiro atoms. The SMILES string of the molecule is C=CC[C@H](C/C=C/c1ccccc1)N[C@@H](CO)c1ccccc1. The molecule has 2 aromatic rings. The Morgan fingerprint density at radius 2 is 1.61 bits per heavy atom. The molecular weight excluding hydrogens is 282 g/mol. The fourth-order valence-electron chi connectivity index (χ4n) is 2.59. The molecule has 0 aliphatic carbocycles. The lowest BCUT2D eigenvalue weighted by Gasteiger charge is -2.23. The molecule has 2 nitrogen and oxygen atoms in total. The fourth-order valence-corrected chi connectivity index (χ4v) is 2.59. The van der Waals surface area contributed by atoms with Crippen LogP contribution >= 0.6 is 0 Å². The topological polar surface area (TPSA) is 32.3 Å². The van der Waals surface area contributed by atoms with Gasteiger partial charge in [-0.05, 0) is 24.0 Å². The Kier molecular flexibility index (Phi) is 7.31. The van der Waals surface area contributed by atoms with Crippen LogP contribution in [0, 0.1) is 0 Å². The van der Waals surface area contributed by atoms with Crippen molar-refractivity contribution in [1.29, 1.82) is 0 Å². The van der Waals surface area contributed by atoms with E-state index in [2.05, 4.69) is 36.2 Å². The van der Waals surface area contributed by atoms with Gasteiger partial charge in [-0.3, -0.25) is 0 Å². The summed E-state index contributed by atoms with van der Waals surface area (Å²) in [5.41, 5.74) is 2.31. The zero-order valence-corrected chi connectivity index (χ0v) is 13.4. The molecule has 0 saturated heterocycles. The van der Waals surface area contributed by atoms with Gasteiger partial charge in [0.2, 0.25) is 0 Å². The van der Waals surface area contributed by atoms with E-state index in [1.54, 1.807) is 0 Å². The molecule has 2 N–H and O–H groups in total. The van der Waals surface area contributed by atoms with Crippen molar-refractivity contribution in [3.8, 4) is 0 Å². The lowest BCUT2D eigenvalue weighted by atomic mass is 10.0. The summed E-state index contributed by atoms with van der Waals surface area (Å²) in [7, 11) is 0. The molecule has 0 fully saturated rings. The molecule has 0 aliphatic heterocycles. The maximum absolute atomic E-state index is 9.69. The van der Waals surface area contributed by atoms with Gasteiger partial charge in [-0.25, -0.2) is 0 Å². The van der Waals surface area contributed by atoms with Crippen molar-refractivity contribution in [2.24, 2.45) is 0 Å². The molecule has 0 aromatic heterocycles. The third-order valence-corrected chi connectivity index (χ3v) is 3.80. The van der Waals surface area contributed by atoms with Crippen molar-refractivity contribution >= 4 is 6.08 Å². The fraction of sp³-hybridized carbons (Fsp3) is 0.238. The van der Waals surface area contributed by atoms with Crippen molar-refractivity contribution in [3.05, 3.63) is 90.5 Å². The zero-order valence-electron chi connectivity index (χ0n) is 13.4. The van der Waals surface area contributed by atoms with Gasteiger partial charge >= 0.3 is 0 Å². The van der Waals surface area contributed by atoms with Gasteiger partial charge in [0, 0.05) is 6.04 Å². The minimum Gasteiger partial charge on any atom is -0.394 e. The molecule has 120 valence electrons. The molecule has 2 heteroatoms. The van der Waals surface area contributed by atoms with Gasteiger partial charge < -0.3 is 10.4 Å². The van der Waals surface area contributed by atoms with E-state index in [1.165, 1.54) is 5.56 Å². The van der Waals surface area contributed by atoms with Gasteiger partial charge in [-0.15, -0.1) is 6.58 Å². The van der Waals surface area contributed by atoms with Crippen molar-refractivity contribution < 1.29 is 5.11 Å². The van der Waals surface area contributed by atoms with Crippen LogP contribution < -0.4 is 5.32 Å². The average Bonchev–Trinajstić information content (AvgIpc) is 2.61. The molecule has 0 saturated carbocycles. The van der Waals surface area contributed by atoms with E-state index in [0.717, 1.165) is 18.4 Å². The lowest BCUT2D eigenvalue weighted by molar-refractivity contribution is 0.233. The summed E-state index contributed by atoms with van der Waals surface area (Å²) in [4.78, 5) is 0. The van der Waals surface area contributed by atoms with Gasteiger partial charge in [-0.2, -0.15) is 0 Å². The predicted octanol–water partition coefficient (Wildman–Crippen LogP) is 4.36. The van der Waals surface area contributed by atoms with E-state index >= 15 is 0 Å². The molecule has 0 unspecified atom stereocenters. The average molecular weight is 307 g/mol. The van der Waals surface area contributed by atoms with Crippen molar-refractivity contribution in [2.45, 2.75) is 24.9 Å². The Labute approximate surface area is 139 Å². The lowest BCUT2D eigenvalue weighted by Crippen LogP contribution is -2.34. The monoisotopic (exact) mass is 307 g/mol. The van der Waals surface area contributed by atoms with E-state index in [0.29, 0.717) is 0 Å². The number of rotatable bonds is 9. The first kappa shape index (κ1) is 17.2. The number of nitrogens with one attached hydrogen (secondary N) is 1. The van der Waals surface area contributed by atoms with Crippen LogP contribution in [0.5, 0.6) is 0 Å². The first-order valence-electron chi connectivity index (χ1n) is 8.08. The van der Waals surface area contributed by atoms with E-state index < -0.39 is 0 Å². The summed E-state index contributed by atoms with van der Waals surface area (Å²) in [5, 5.41) is 13.2. The summed E-state index contributed by atoms with van der Waals surface area (Å²) in [6, 6.07) is 20.5. The van der Waals surface area contributed by atoms with Crippen LogP contribution in [-0.4, -0.2) is 17.8 Å². The first-order chi connectivity index (χ1) is 11.3. The Hall–Kier alpha value is -2.16. The van der Waals surface area contributed by atoms with Crippen LogP contribution in [0.25, 0.3) is 6.08 Å². The highest BCUT2D eigenvalue weighted by Gasteiger charge is 2.14. The number of aliphatic hydroxyl groups excluding tert-OH is 1. The molecule has 0 radical (unpaired) electrons. The summed E-state index contributed by atoms with van der Waals surface area (Å²) in [5.74, 6) is 0. The third-order valence-electron chi connectivity index (χ3n) is 3.80. The summed E-state index contributed by atoms with van der Waals surface area (Å²) >= 11 is 0. The minimum absolute atomic E-state index is 0.0497. The number of hydrogen-bond acceptors (Lipinski definition) is 2. The summed E-state index contributed by atoms with van der Waals surface area (Å²) in [6.45, 7) is 3.93. The van der Waals surface area contributed by atoms with E-state index in [4.69, 9.17) is 0 Å². The van der Waals surface area contributed by atoms with E-state index in [1.807, 2.05) is 54.6 Å². The molecule has 0 heterocycles. The Balaban J connectivity index is 1.97. The smallest absolute Gasteiger partial charge is 0.0626 e. The molecule has 23 heavy (non-hydrogen) atoms. The van der Waals surface area contributed by atoms with Crippen LogP contribution in [0.2, 0.25) is 0 Å². The van der Waals surface area contributed by atoms with Crippen LogP contribution in [0.4, 0.5) is 0 Å². The highest BCUT2D eigenvalue weighted by molar-refractivity contribution is 5.48. The zero-order chi connectivity index (χ0) is 16.3. The molecule has 2 aromatic carbocycles. The first-order valence-corrected chi connectivity index (χ1v) is 8.08. The Morgan fingerprint density at radius 3 is 2.22 bits per heavy atom. The molecule has 0 aliphatic rings. The number of benzene rings is 2. The molecular formula is C21H25NO. The van der Waals surface area contributed by atoms with Gasteiger partial charge in [0.25, 0.3) is 0 Å². The number of hydrogen-bond donors (Lipinski definition) is 2. The maximum atomic E-state index is 9.69. The van der Waals surface area contributed by atoms with Crippen LogP contribution in [0.3, 0.4) is 0 Å². The second-order valence-corrected chi connectivity index (χ2v) is 5.58. The van der Waals surface area contributed by atoms with Crippen LogP contribution in [0.1, 0.15) is 30.0 Å². The summed E-state index contributed by atoms with van der Waals surface area (Å²) < 4.78 is 0. The molecule has 2 atom stereocenters. The molecule has 2 rings (SSSR count). The Morgan fingerprint density at radius 1 is 0.957 bits per heavy atom. The standard InChI is InChI=1S/C21H25NO/c1-2-10-20(16-9-13-18-11-5-3-6-12-18)22-21(17-23)19-14-7-4-8-15-19/h2-9,11-15,20-23H,1,10,16-17H2/b13-9+/t20-,21+/m1/s1. The highest BCUT2D eigenvalue weighted by atomic mass is 16.3. The van der Waals surface area contributed by atoms with Crippen LogP contribution in [0.15, 0.2) is 79.4 Å². The van der Waals surface area contributed by atoms with E-state index in [9.17, 15) is 5.11 Å². The Bertz CT molecular complexity index is 592. The largest absolute Gasteiger partial charge is 0.394 e. The number of aliphatic hydroxyl groups is 1. The van der Waals surface area contributed by atoms with Crippen molar-refractivity contribution in [3.63, 3.8) is 0 Å². The van der Waals surface area contributed by atoms with E-state index in [-0.39, 0.29) is 18.7 Å². The minimum atomic E-state index is -0.0497.